The Morgan fingerprint density at radius 1 is 1.38 bits per heavy atom. The zero-order valence-corrected chi connectivity index (χ0v) is 13.2. The molecule has 2 rings (SSSR count). The molecule has 9 heteroatoms. The minimum Gasteiger partial charge on any atom is -0.326 e. The van der Waals surface area contributed by atoms with Crippen molar-refractivity contribution in [1.82, 2.24) is 14.7 Å². The molecule has 0 radical (unpaired) electrons. The van der Waals surface area contributed by atoms with Crippen LogP contribution in [0.15, 0.2) is 40.1 Å². The fraction of sp³-hybridized carbons (Fsp3) is 0.167. The fourth-order valence-electron chi connectivity index (χ4n) is 1.63. The molecule has 6 nitrogen and oxygen atoms in total. The van der Waals surface area contributed by atoms with Crippen LogP contribution in [0.4, 0.5) is 4.39 Å². The number of aromatic nitrogens is 2. The standard InChI is InChI=1S/C12H12BrFN4O2S/c13-9-3-8(5-15)12(14)11(4-9)21(19,20)18-6-10-1-2-16-7-17-10/h1-4,7,18H,5-6,15H2. The molecule has 0 amide bonds. The fourth-order valence-corrected chi connectivity index (χ4v) is 3.43. The van der Waals surface area contributed by atoms with Crippen LogP contribution in [0.25, 0.3) is 0 Å². The highest BCUT2D eigenvalue weighted by atomic mass is 79.9. The van der Waals surface area contributed by atoms with Gasteiger partial charge in [-0.3, -0.25) is 0 Å². The lowest BCUT2D eigenvalue weighted by Gasteiger charge is -2.10. The second-order valence-corrected chi connectivity index (χ2v) is 6.76. The van der Waals surface area contributed by atoms with Gasteiger partial charge in [-0.05, 0) is 18.2 Å². The highest BCUT2D eigenvalue weighted by Gasteiger charge is 2.22. The van der Waals surface area contributed by atoms with Crippen molar-refractivity contribution in [2.24, 2.45) is 5.73 Å². The maximum atomic E-state index is 14.1. The molecule has 0 atom stereocenters. The first kappa shape index (κ1) is 16.0. The zero-order valence-electron chi connectivity index (χ0n) is 10.8. The lowest BCUT2D eigenvalue weighted by molar-refractivity contribution is 0.548. The Morgan fingerprint density at radius 2 is 2.14 bits per heavy atom. The molecule has 0 fully saturated rings. The molecule has 0 saturated carbocycles. The van der Waals surface area contributed by atoms with Gasteiger partial charge in [0.15, 0.2) is 0 Å². The molecule has 112 valence electrons. The van der Waals surface area contributed by atoms with E-state index < -0.39 is 20.7 Å². The lowest BCUT2D eigenvalue weighted by atomic mass is 10.2. The molecule has 3 N–H and O–H groups in total. The van der Waals surface area contributed by atoms with Gasteiger partial charge in [0.2, 0.25) is 10.0 Å². The summed E-state index contributed by atoms with van der Waals surface area (Å²) in [7, 11) is -4.02. The molecule has 1 heterocycles. The molecule has 0 aliphatic carbocycles. The maximum absolute atomic E-state index is 14.1. The van der Waals surface area contributed by atoms with E-state index in [4.69, 9.17) is 5.73 Å². The van der Waals surface area contributed by atoms with Gasteiger partial charge in [-0.25, -0.2) is 27.5 Å². The molecule has 0 aliphatic rings. The summed E-state index contributed by atoms with van der Waals surface area (Å²) in [6.07, 6.45) is 2.79. The molecule has 0 aliphatic heterocycles. The molecule has 0 bridgehead atoms. The maximum Gasteiger partial charge on any atom is 0.243 e. The molecule has 0 spiro atoms. The molecular formula is C12H12BrFN4O2S. The van der Waals surface area contributed by atoms with E-state index in [1.807, 2.05) is 0 Å². The third-order valence-electron chi connectivity index (χ3n) is 2.68. The third kappa shape index (κ3) is 3.82. The Morgan fingerprint density at radius 3 is 2.76 bits per heavy atom. The van der Waals surface area contributed by atoms with Gasteiger partial charge in [-0.1, -0.05) is 15.9 Å². The van der Waals surface area contributed by atoms with Crippen LogP contribution in [0.5, 0.6) is 0 Å². The summed E-state index contributed by atoms with van der Waals surface area (Å²) in [5.74, 6) is -0.851. The summed E-state index contributed by atoms with van der Waals surface area (Å²) < 4.78 is 41.2. The van der Waals surface area contributed by atoms with Crippen molar-refractivity contribution < 1.29 is 12.8 Å². The van der Waals surface area contributed by atoms with Gasteiger partial charge in [-0.15, -0.1) is 0 Å². The number of nitrogens with zero attached hydrogens (tertiary/aromatic N) is 2. The number of benzene rings is 1. The Hall–Kier alpha value is -1.42. The largest absolute Gasteiger partial charge is 0.326 e. The van der Waals surface area contributed by atoms with Crippen LogP contribution in [0.1, 0.15) is 11.3 Å². The van der Waals surface area contributed by atoms with Crippen molar-refractivity contribution in [3.8, 4) is 0 Å². The van der Waals surface area contributed by atoms with Gasteiger partial charge >= 0.3 is 0 Å². The van der Waals surface area contributed by atoms with E-state index >= 15 is 0 Å². The topological polar surface area (TPSA) is 98.0 Å². The minimum absolute atomic E-state index is 0.0607. The Bertz CT molecular complexity index is 740. The lowest BCUT2D eigenvalue weighted by Crippen LogP contribution is -2.25. The molecule has 2 aromatic rings. The molecule has 0 unspecified atom stereocenters. The van der Waals surface area contributed by atoms with Crippen molar-refractivity contribution in [3.63, 3.8) is 0 Å². The quantitative estimate of drug-likeness (QED) is 0.822. The third-order valence-corrected chi connectivity index (χ3v) is 4.53. The summed E-state index contributed by atoms with van der Waals surface area (Å²) in [4.78, 5) is 7.16. The smallest absolute Gasteiger partial charge is 0.243 e. The van der Waals surface area contributed by atoms with Crippen molar-refractivity contribution in [3.05, 3.63) is 52.3 Å². The van der Waals surface area contributed by atoms with Crippen LogP contribution >= 0.6 is 15.9 Å². The zero-order chi connectivity index (χ0) is 15.5. The van der Waals surface area contributed by atoms with E-state index in [1.54, 1.807) is 6.07 Å². The van der Waals surface area contributed by atoms with E-state index in [-0.39, 0.29) is 18.7 Å². The number of sulfonamides is 1. The summed E-state index contributed by atoms with van der Waals surface area (Å²) in [6, 6.07) is 4.20. The molecule has 1 aromatic heterocycles. The number of nitrogens with one attached hydrogen (secondary N) is 1. The highest BCUT2D eigenvalue weighted by molar-refractivity contribution is 9.10. The van der Waals surface area contributed by atoms with Crippen LogP contribution in [0.3, 0.4) is 0 Å². The number of rotatable bonds is 5. The van der Waals surface area contributed by atoms with Crippen LogP contribution < -0.4 is 10.5 Å². The van der Waals surface area contributed by atoms with Gasteiger partial charge < -0.3 is 5.73 Å². The summed E-state index contributed by atoms with van der Waals surface area (Å²) in [5, 5.41) is 0. The summed E-state index contributed by atoms with van der Waals surface area (Å²) >= 11 is 3.14. The predicted molar refractivity (Wildman–Crippen MR) is 78.0 cm³/mol. The molecule has 21 heavy (non-hydrogen) atoms. The molecular weight excluding hydrogens is 363 g/mol. The average Bonchev–Trinajstić information content (AvgIpc) is 2.48. The molecule has 0 saturated heterocycles. The first-order valence-electron chi connectivity index (χ1n) is 5.86. The first-order valence-corrected chi connectivity index (χ1v) is 8.14. The normalized spacial score (nSPS) is 11.6. The van der Waals surface area contributed by atoms with Gasteiger partial charge in [0.1, 0.15) is 17.0 Å². The van der Waals surface area contributed by atoms with Crippen molar-refractivity contribution in [2.45, 2.75) is 18.0 Å². The number of nitrogens with two attached hydrogens (primary N) is 1. The average molecular weight is 375 g/mol. The van der Waals surface area contributed by atoms with Crippen LogP contribution in [0.2, 0.25) is 0 Å². The van der Waals surface area contributed by atoms with Gasteiger partial charge in [0.25, 0.3) is 0 Å². The van der Waals surface area contributed by atoms with Crippen molar-refractivity contribution >= 4 is 26.0 Å². The van der Waals surface area contributed by atoms with Gasteiger partial charge in [0, 0.05) is 22.8 Å². The summed E-state index contributed by atoms with van der Waals surface area (Å²) in [6.45, 7) is -0.158. The second kappa shape index (κ2) is 6.56. The van der Waals surface area contributed by atoms with Crippen LogP contribution in [0, 0.1) is 5.82 Å². The van der Waals surface area contributed by atoms with E-state index in [0.29, 0.717) is 10.2 Å². The van der Waals surface area contributed by atoms with E-state index in [2.05, 4.69) is 30.6 Å². The Kier molecular flexibility index (Phi) is 4.99. The van der Waals surface area contributed by atoms with E-state index in [0.717, 1.165) is 0 Å². The first-order chi connectivity index (χ1) is 9.94. The minimum atomic E-state index is -4.02. The summed E-state index contributed by atoms with van der Waals surface area (Å²) in [5.41, 5.74) is 6.00. The molecule has 1 aromatic carbocycles. The number of hydrogen-bond donors (Lipinski definition) is 2. The van der Waals surface area contributed by atoms with Gasteiger partial charge in [0.05, 0.1) is 12.2 Å². The highest BCUT2D eigenvalue weighted by Crippen LogP contribution is 2.24. The number of halogens is 2. The Labute approximate surface area is 129 Å². The van der Waals surface area contributed by atoms with Gasteiger partial charge in [-0.2, -0.15) is 0 Å². The predicted octanol–water partition coefficient (Wildman–Crippen LogP) is 1.32. The van der Waals surface area contributed by atoms with Crippen LogP contribution in [-0.4, -0.2) is 18.4 Å². The second-order valence-electron chi connectivity index (χ2n) is 4.11. The Balaban J connectivity index is 2.30. The van der Waals surface area contributed by atoms with Crippen molar-refractivity contribution in [2.75, 3.05) is 0 Å². The SMILES string of the molecule is NCc1cc(Br)cc(S(=O)(=O)NCc2ccncn2)c1F. The monoisotopic (exact) mass is 374 g/mol. The van der Waals surface area contributed by atoms with Crippen LogP contribution in [-0.2, 0) is 23.1 Å². The van der Waals surface area contributed by atoms with E-state index in [1.165, 1.54) is 24.7 Å². The van der Waals surface area contributed by atoms with Crippen molar-refractivity contribution in [1.29, 1.82) is 0 Å². The number of hydrogen-bond acceptors (Lipinski definition) is 5. The van der Waals surface area contributed by atoms with E-state index in [9.17, 15) is 12.8 Å².